The summed E-state index contributed by atoms with van der Waals surface area (Å²) in [6.45, 7) is 12.9. The number of aromatic nitrogens is 3. The van der Waals surface area contributed by atoms with Crippen LogP contribution in [0, 0.1) is 0 Å². The van der Waals surface area contributed by atoms with Gasteiger partial charge in [0.25, 0.3) is 5.91 Å². The van der Waals surface area contributed by atoms with E-state index in [0.717, 1.165) is 53.8 Å². The fourth-order valence-corrected chi connectivity index (χ4v) is 4.90. The first-order valence-corrected chi connectivity index (χ1v) is 13.2. The van der Waals surface area contributed by atoms with Crippen LogP contribution >= 0.6 is 0 Å². The highest BCUT2D eigenvalue weighted by molar-refractivity contribution is 5.95. The minimum atomic E-state index is -0.374. The number of carbonyl (C=O) groups excluding carboxylic acids is 2. The van der Waals surface area contributed by atoms with Crippen LogP contribution in [0.15, 0.2) is 30.5 Å². The number of piperidine rings is 1. The second-order valence-electron chi connectivity index (χ2n) is 10.7. The average Bonchev–Trinajstić information content (AvgIpc) is 3.30. The van der Waals surface area contributed by atoms with Crippen molar-refractivity contribution < 1.29 is 9.59 Å². The minimum Gasteiger partial charge on any atom is -0.381 e. The third-order valence-electron chi connectivity index (χ3n) is 7.20. The van der Waals surface area contributed by atoms with E-state index in [0.29, 0.717) is 25.2 Å². The monoisotopic (exact) mass is 505 g/mol. The molecule has 3 heterocycles. The molecule has 4 N–H and O–H groups in total. The molecule has 198 valence electrons. The smallest absolute Gasteiger partial charge is 0.314 e. The highest BCUT2D eigenvalue weighted by Crippen LogP contribution is 2.31. The molecule has 37 heavy (non-hydrogen) atoms. The molecule has 9 nitrogen and oxygen atoms in total. The lowest BCUT2D eigenvalue weighted by Gasteiger charge is -2.32. The second kappa shape index (κ2) is 10.8. The zero-order valence-electron chi connectivity index (χ0n) is 22.6. The summed E-state index contributed by atoms with van der Waals surface area (Å²) in [6, 6.07) is 7.61. The molecule has 9 heteroatoms. The van der Waals surface area contributed by atoms with Gasteiger partial charge >= 0.3 is 6.03 Å². The van der Waals surface area contributed by atoms with Gasteiger partial charge in [-0.3, -0.25) is 4.79 Å². The Morgan fingerprint density at radius 3 is 2.35 bits per heavy atom. The standard InChI is InChI=1S/C28H39N7O2/c1-6-23-21(16-30-26(36)18-8-10-19(11-9-18)28(3,4)5)24(22-17-31-35(7-2)25(22)33-23)32-20-12-14-34(15-13-20)27(29)37/h8-11,17,20H,6-7,12-16H2,1-5H3,(H2,29,37)(H,30,36)(H,32,33). The maximum atomic E-state index is 13.1. The Hall–Kier alpha value is -3.62. The topological polar surface area (TPSA) is 118 Å². The number of urea groups is 1. The first-order valence-electron chi connectivity index (χ1n) is 13.2. The lowest BCUT2D eigenvalue weighted by Crippen LogP contribution is -2.44. The van der Waals surface area contributed by atoms with Gasteiger partial charge in [0, 0.05) is 49.0 Å². The van der Waals surface area contributed by atoms with Gasteiger partial charge in [-0.05, 0) is 49.3 Å². The molecule has 0 spiro atoms. The minimum absolute atomic E-state index is 0.0310. The molecule has 0 unspecified atom stereocenters. The molecule has 1 fully saturated rings. The number of benzene rings is 1. The second-order valence-corrected chi connectivity index (χ2v) is 10.7. The number of primary amides is 1. The zero-order chi connectivity index (χ0) is 26.7. The van der Waals surface area contributed by atoms with Crippen molar-refractivity contribution in [3.63, 3.8) is 0 Å². The van der Waals surface area contributed by atoms with Gasteiger partial charge in [0.1, 0.15) is 0 Å². The number of nitrogens with one attached hydrogen (secondary N) is 2. The highest BCUT2D eigenvalue weighted by atomic mass is 16.2. The average molecular weight is 506 g/mol. The van der Waals surface area contributed by atoms with Crippen LogP contribution in [-0.2, 0) is 24.9 Å². The number of fused-ring (bicyclic) bond motifs is 1. The Kier molecular flexibility index (Phi) is 7.71. The SMILES string of the molecule is CCc1nc2c(cnn2CC)c(NC2CCN(C(N)=O)CC2)c1CNC(=O)c1ccc(C(C)(C)C)cc1. The summed E-state index contributed by atoms with van der Waals surface area (Å²) >= 11 is 0. The van der Waals surface area contributed by atoms with Crippen LogP contribution < -0.4 is 16.4 Å². The van der Waals surface area contributed by atoms with E-state index >= 15 is 0 Å². The summed E-state index contributed by atoms with van der Waals surface area (Å²) in [6.07, 6.45) is 4.16. The number of carbonyl (C=O) groups is 2. The van der Waals surface area contributed by atoms with Gasteiger partial charge in [-0.25, -0.2) is 14.5 Å². The number of aryl methyl sites for hydroxylation is 2. The summed E-state index contributed by atoms with van der Waals surface area (Å²) < 4.78 is 1.90. The predicted molar refractivity (Wildman–Crippen MR) is 147 cm³/mol. The molecule has 3 amide bonds. The quantitative estimate of drug-likeness (QED) is 0.445. The molecule has 0 saturated carbocycles. The van der Waals surface area contributed by atoms with Gasteiger partial charge in [0.05, 0.1) is 17.3 Å². The molecule has 2 aromatic heterocycles. The van der Waals surface area contributed by atoms with E-state index < -0.39 is 0 Å². The molecular formula is C28H39N7O2. The van der Waals surface area contributed by atoms with Crippen molar-refractivity contribution in [1.82, 2.24) is 25.0 Å². The van der Waals surface area contributed by atoms with Crippen molar-refractivity contribution in [3.8, 4) is 0 Å². The molecule has 1 aromatic carbocycles. The number of hydrogen-bond acceptors (Lipinski definition) is 5. The molecule has 4 rings (SSSR count). The van der Waals surface area contributed by atoms with Crippen LogP contribution in [0.4, 0.5) is 10.5 Å². The van der Waals surface area contributed by atoms with Gasteiger partial charge in [0.15, 0.2) is 5.65 Å². The van der Waals surface area contributed by atoms with E-state index in [1.807, 2.05) is 42.1 Å². The molecule has 3 aromatic rings. The Labute approximate surface area is 218 Å². The van der Waals surface area contributed by atoms with Crippen LogP contribution in [0.3, 0.4) is 0 Å². The molecule has 1 saturated heterocycles. The normalized spacial score (nSPS) is 14.7. The number of nitrogens with two attached hydrogens (primary N) is 1. The molecule has 0 radical (unpaired) electrons. The van der Waals surface area contributed by atoms with Crippen molar-refractivity contribution in [1.29, 1.82) is 0 Å². The van der Waals surface area contributed by atoms with E-state index in [4.69, 9.17) is 10.7 Å². The Morgan fingerprint density at radius 2 is 1.78 bits per heavy atom. The summed E-state index contributed by atoms with van der Waals surface area (Å²) in [5.74, 6) is -0.118. The number of rotatable bonds is 7. The Balaban J connectivity index is 1.61. The van der Waals surface area contributed by atoms with E-state index in [2.05, 4.69) is 43.4 Å². The van der Waals surface area contributed by atoms with Crippen molar-refractivity contribution in [2.45, 2.75) is 78.4 Å². The van der Waals surface area contributed by atoms with E-state index in [-0.39, 0.29) is 23.4 Å². The summed E-state index contributed by atoms with van der Waals surface area (Å²) in [4.78, 5) is 31.3. The van der Waals surface area contributed by atoms with Crippen molar-refractivity contribution >= 4 is 28.7 Å². The number of nitrogens with zero attached hydrogens (tertiary/aromatic N) is 4. The molecule has 0 aliphatic carbocycles. The third-order valence-corrected chi connectivity index (χ3v) is 7.20. The Morgan fingerprint density at radius 1 is 1.11 bits per heavy atom. The van der Waals surface area contributed by atoms with Crippen molar-refractivity contribution in [2.24, 2.45) is 5.73 Å². The number of anilines is 1. The van der Waals surface area contributed by atoms with E-state index in [1.165, 1.54) is 5.56 Å². The van der Waals surface area contributed by atoms with Crippen molar-refractivity contribution in [3.05, 3.63) is 52.8 Å². The van der Waals surface area contributed by atoms with Gasteiger partial charge in [-0.2, -0.15) is 5.10 Å². The summed E-state index contributed by atoms with van der Waals surface area (Å²) in [5.41, 5.74) is 11.0. The van der Waals surface area contributed by atoms with E-state index in [9.17, 15) is 9.59 Å². The van der Waals surface area contributed by atoms with Crippen LogP contribution in [0.1, 0.15) is 74.6 Å². The van der Waals surface area contributed by atoms with Crippen LogP contribution in [0.25, 0.3) is 11.0 Å². The van der Waals surface area contributed by atoms with Gasteiger partial charge in [-0.15, -0.1) is 0 Å². The number of hydrogen-bond donors (Lipinski definition) is 3. The Bertz CT molecular complexity index is 1270. The molecule has 0 atom stereocenters. The predicted octanol–water partition coefficient (Wildman–Crippen LogP) is 4.20. The summed E-state index contributed by atoms with van der Waals surface area (Å²) in [5, 5.41) is 12.3. The molecule has 1 aliphatic heterocycles. The molecular weight excluding hydrogens is 466 g/mol. The number of likely N-dealkylation sites (tertiary alicyclic amines) is 1. The first-order chi connectivity index (χ1) is 17.6. The molecule has 1 aliphatic rings. The van der Waals surface area contributed by atoms with Gasteiger partial charge in [-0.1, -0.05) is 39.8 Å². The maximum absolute atomic E-state index is 13.1. The van der Waals surface area contributed by atoms with Crippen molar-refractivity contribution in [2.75, 3.05) is 18.4 Å². The largest absolute Gasteiger partial charge is 0.381 e. The van der Waals surface area contributed by atoms with Crippen LogP contribution in [0.2, 0.25) is 0 Å². The molecule has 0 bridgehead atoms. The lowest BCUT2D eigenvalue weighted by molar-refractivity contribution is 0.0951. The van der Waals surface area contributed by atoms with Gasteiger partial charge < -0.3 is 21.3 Å². The summed E-state index contributed by atoms with van der Waals surface area (Å²) in [7, 11) is 0. The fourth-order valence-electron chi connectivity index (χ4n) is 4.90. The lowest BCUT2D eigenvalue weighted by atomic mass is 9.87. The highest BCUT2D eigenvalue weighted by Gasteiger charge is 2.25. The van der Waals surface area contributed by atoms with Crippen LogP contribution in [0.5, 0.6) is 0 Å². The first kappa shape index (κ1) is 26.4. The number of pyridine rings is 1. The zero-order valence-corrected chi connectivity index (χ0v) is 22.6. The maximum Gasteiger partial charge on any atom is 0.314 e. The van der Waals surface area contributed by atoms with Gasteiger partial charge in [0.2, 0.25) is 0 Å². The van der Waals surface area contributed by atoms with Crippen LogP contribution in [-0.4, -0.2) is 50.7 Å². The number of amides is 3. The third kappa shape index (κ3) is 5.70. The fraction of sp³-hybridized carbons (Fsp3) is 0.500. The van der Waals surface area contributed by atoms with E-state index in [1.54, 1.807) is 4.90 Å².